The second-order valence-electron chi connectivity index (χ2n) is 4.63. The fourth-order valence-electron chi connectivity index (χ4n) is 2.00. The highest BCUT2D eigenvalue weighted by molar-refractivity contribution is 5.92. The van der Waals surface area contributed by atoms with Crippen LogP contribution in [0.4, 0.5) is 5.69 Å². The summed E-state index contributed by atoms with van der Waals surface area (Å²) >= 11 is 0. The predicted molar refractivity (Wildman–Crippen MR) is 81.1 cm³/mol. The molecule has 2 rings (SSSR count). The van der Waals surface area contributed by atoms with Gasteiger partial charge in [0, 0.05) is 5.69 Å². The van der Waals surface area contributed by atoms with E-state index in [1.54, 1.807) is 7.11 Å². The van der Waals surface area contributed by atoms with E-state index >= 15 is 0 Å². The van der Waals surface area contributed by atoms with Crippen molar-refractivity contribution in [1.29, 1.82) is 0 Å². The van der Waals surface area contributed by atoms with Gasteiger partial charge in [-0.05, 0) is 41.8 Å². The largest absolute Gasteiger partial charge is 0.497 e. The molecule has 0 aliphatic carbocycles. The summed E-state index contributed by atoms with van der Waals surface area (Å²) in [5.74, 6) is 0.741. The number of anilines is 1. The fraction of sp³-hybridized carbons (Fsp3) is 0.235. The van der Waals surface area contributed by atoms with Gasteiger partial charge in [-0.1, -0.05) is 31.2 Å². The number of hydrogen-bond donors (Lipinski definition) is 1. The maximum Gasteiger partial charge on any atom is 0.228 e. The number of carbonyl (C=O) groups excluding carboxylic acids is 1. The minimum absolute atomic E-state index is 0.0255. The number of amides is 1. The summed E-state index contributed by atoms with van der Waals surface area (Å²) in [6, 6.07) is 15.5. The second-order valence-corrected chi connectivity index (χ2v) is 4.63. The summed E-state index contributed by atoms with van der Waals surface area (Å²) in [5.41, 5.74) is 3.03. The molecule has 0 saturated carbocycles. The van der Waals surface area contributed by atoms with Crippen molar-refractivity contribution in [3.8, 4) is 5.75 Å². The Morgan fingerprint density at radius 2 is 1.85 bits per heavy atom. The Balaban J connectivity index is 1.97. The number of methoxy groups -OCH3 is 1. The lowest BCUT2D eigenvalue weighted by molar-refractivity contribution is -0.115. The Morgan fingerprint density at radius 3 is 2.50 bits per heavy atom. The third-order valence-electron chi connectivity index (χ3n) is 3.14. The van der Waals surface area contributed by atoms with Gasteiger partial charge in [-0.3, -0.25) is 4.79 Å². The smallest absolute Gasteiger partial charge is 0.228 e. The van der Waals surface area contributed by atoms with E-state index in [1.807, 2.05) is 48.5 Å². The van der Waals surface area contributed by atoms with Crippen LogP contribution in [0.1, 0.15) is 18.1 Å². The number of nitrogens with one attached hydrogen (secondary N) is 1. The summed E-state index contributed by atoms with van der Waals surface area (Å²) < 4.78 is 5.15. The van der Waals surface area contributed by atoms with Crippen LogP contribution in [-0.4, -0.2) is 13.0 Å². The molecule has 0 bridgehead atoms. The summed E-state index contributed by atoms with van der Waals surface area (Å²) in [5, 5.41) is 2.90. The molecule has 0 radical (unpaired) electrons. The van der Waals surface area contributed by atoms with Gasteiger partial charge in [-0.25, -0.2) is 0 Å². The molecule has 0 heterocycles. The van der Waals surface area contributed by atoms with Crippen LogP contribution in [0, 0.1) is 0 Å². The van der Waals surface area contributed by atoms with Crippen LogP contribution < -0.4 is 10.1 Å². The van der Waals surface area contributed by atoms with Crippen molar-refractivity contribution in [2.45, 2.75) is 19.8 Å². The van der Waals surface area contributed by atoms with Crippen molar-refractivity contribution in [2.75, 3.05) is 12.4 Å². The first kappa shape index (κ1) is 14.1. The van der Waals surface area contributed by atoms with E-state index in [2.05, 4.69) is 12.2 Å². The van der Waals surface area contributed by atoms with Crippen LogP contribution in [0.3, 0.4) is 0 Å². The van der Waals surface area contributed by atoms with Gasteiger partial charge < -0.3 is 10.1 Å². The average Bonchev–Trinajstić information content (AvgIpc) is 2.48. The van der Waals surface area contributed by atoms with E-state index in [0.29, 0.717) is 6.42 Å². The molecule has 0 unspecified atom stereocenters. The Morgan fingerprint density at radius 1 is 1.10 bits per heavy atom. The van der Waals surface area contributed by atoms with Crippen molar-refractivity contribution in [3.63, 3.8) is 0 Å². The molecule has 0 aromatic heterocycles. The zero-order chi connectivity index (χ0) is 14.4. The third kappa shape index (κ3) is 3.85. The molecule has 0 fully saturated rings. The monoisotopic (exact) mass is 269 g/mol. The van der Waals surface area contributed by atoms with Gasteiger partial charge in [-0.2, -0.15) is 0 Å². The van der Waals surface area contributed by atoms with Crippen molar-refractivity contribution in [3.05, 3.63) is 59.7 Å². The molecule has 3 nitrogen and oxygen atoms in total. The zero-order valence-corrected chi connectivity index (χ0v) is 11.8. The van der Waals surface area contributed by atoms with Crippen LogP contribution in [0.15, 0.2) is 48.5 Å². The molecule has 2 aromatic carbocycles. The highest BCUT2D eigenvalue weighted by atomic mass is 16.5. The Kier molecular flexibility index (Phi) is 4.77. The molecule has 1 amide bonds. The predicted octanol–water partition coefficient (Wildman–Crippen LogP) is 3.44. The maximum atomic E-state index is 12.0. The second kappa shape index (κ2) is 6.75. The van der Waals surface area contributed by atoms with Crippen LogP contribution in [0.5, 0.6) is 5.75 Å². The van der Waals surface area contributed by atoms with Gasteiger partial charge in [0.05, 0.1) is 13.5 Å². The van der Waals surface area contributed by atoms with E-state index < -0.39 is 0 Å². The average molecular weight is 269 g/mol. The number of ether oxygens (including phenoxy) is 1. The quantitative estimate of drug-likeness (QED) is 0.903. The molecule has 0 saturated heterocycles. The molecule has 0 aliphatic rings. The van der Waals surface area contributed by atoms with E-state index in [-0.39, 0.29) is 5.91 Å². The number of benzene rings is 2. The standard InChI is InChI=1S/C17H19NO2/c1-3-13-7-9-15(10-8-13)18-17(19)12-14-5-4-6-16(11-14)20-2/h4-11H,3,12H2,1-2H3,(H,18,19). The molecular weight excluding hydrogens is 250 g/mol. The lowest BCUT2D eigenvalue weighted by Gasteiger charge is -2.07. The Hall–Kier alpha value is -2.29. The SMILES string of the molecule is CCc1ccc(NC(=O)Cc2cccc(OC)c2)cc1. The summed E-state index contributed by atoms with van der Waals surface area (Å²) in [7, 11) is 1.62. The molecule has 0 atom stereocenters. The molecule has 20 heavy (non-hydrogen) atoms. The van der Waals surface area contributed by atoms with Gasteiger partial charge in [0.2, 0.25) is 5.91 Å². The van der Waals surface area contributed by atoms with Gasteiger partial charge in [-0.15, -0.1) is 0 Å². The first-order valence-corrected chi connectivity index (χ1v) is 6.73. The van der Waals surface area contributed by atoms with Crippen LogP contribution in [0.25, 0.3) is 0 Å². The van der Waals surface area contributed by atoms with E-state index in [4.69, 9.17) is 4.74 Å². The van der Waals surface area contributed by atoms with E-state index in [0.717, 1.165) is 23.4 Å². The molecule has 2 aromatic rings. The minimum atomic E-state index is -0.0255. The highest BCUT2D eigenvalue weighted by Crippen LogP contribution is 2.14. The molecule has 3 heteroatoms. The number of rotatable bonds is 5. The van der Waals surface area contributed by atoms with Gasteiger partial charge in [0.15, 0.2) is 0 Å². The van der Waals surface area contributed by atoms with Crippen LogP contribution in [0.2, 0.25) is 0 Å². The van der Waals surface area contributed by atoms with Crippen LogP contribution in [-0.2, 0) is 17.6 Å². The van der Waals surface area contributed by atoms with E-state index in [1.165, 1.54) is 5.56 Å². The van der Waals surface area contributed by atoms with Crippen molar-refractivity contribution in [2.24, 2.45) is 0 Å². The van der Waals surface area contributed by atoms with Crippen molar-refractivity contribution >= 4 is 11.6 Å². The number of hydrogen-bond acceptors (Lipinski definition) is 2. The third-order valence-corrected chi connectivity index (χ3v) is 3.14. The minimum Gasteiger partial charge on any atom is -0.497 e. The van der Waals surface area contributed by atoms with Crippen LogP contribution >= 0.6 is 0 Å². The number of aryl methyl sites for hydroxylation is 1. The lowest BCUT2D eigenvalue weighted by Crippen LogP contribution is -2.14. The molecule has 0 spiro atoms. The molecule has 0 aliphatic heterocycles. The van der Waals surface area contributed by atoms with E-state index in [9.17, 15) is 4.79 Å². The fourth-order valence-corrected chi connectivity index (χ4v) is 2.00. The van der Waals surface area contributed by atoms with Gasteiger partial charge in [0.1, 0.15) is 5.75 Å². The van der Waals surface area contributed by atoms with Gasteiger partial charge >= 0.3 is 0 Å². The van der Waals surface area contributed by atoms with Gasteiger partial charge in [0.25, 0.3) is 0 Å². The summed E-state index contributed by atoms with van der Waals surface area (Å²) in [6.45, 7) is 2.11. The molecular formula is C17H19NO2. The normalized spacial score (nSPS) is 10.1. The summed E-state index contributed by atoms with van der Waals surface area (Å²) in [4.78, 5) is 12.0. The summed E-state index contributed by atoms with van der Waals surface area (Å²) in [6.07, 6.45) is 1.34. The first-order valence-electron chi connectivity index (χ1n) is 6.73. The lowest BCUT2D eigenvalue weighted by atomic mass is 10.1. The Bertz CT molecular complexity index is 576. The molecule has 1 N–H and O–H groups in total. The maximum absolute atomic E-state index is 12.0. The Labute approximate surface area is 119 Å². The molecule has 104 valence electrons. The zero-order valence-electron chi connectivity index (χ0n) is 11.8. The highest BCUT2D eigenvalue weighted by Gasteiger charge is 2.05. The number of carbonyl (C=O) groups is 1. The first-order chi connectivity index (χ1) is 9.71. The van der Waals surface area contributed by atoms with Crippen molar-refractivity contribution in [1.82, 2.24) is 0 Å². The van der Waals surface area contributed by atoms with Crippen molar-refractivity contribution < 1.29 is 9.53 Å². The topological polar surface area (TPSA) is 38.3 Å².